The molecule has 28 heavy (non-hydrogen) atoms. The van der Waals surface area contributed by atoms with E-state index in [1.54, 1.807) is 16.8 Å². The molecule has 3 aromatic rings. The Morgan fingerprint density at radius 1 is 1.32 bits per heavy atom. The predicted octanol–water partition coefficient (Wildman–Crippen LogP) is 3.54. The fourth-order valence-corrected chi connectivity index (χ4v) is 3.38. The van der Waals surface area contributed by atoms with Crippen LogP contribution >= 0.6 is 11.6 Å². The number of fused-ring (bicyclic) bond motifs is 1. The molecule has 2 aromatic heterocycles. The van der Waals surface area contributed by atoms with Crippen molar-refractivity contribution in [1.29, 1.82) is 0 Å². The van der Waals surface area contributed by atoms with Crippen molar-refractivity contribution in [2.75, 3.05) is 16.8 Å². The number of halogens is 2. The molecule has 4 rings (SSSR count). The molecule has 0 fully saturated rings. The Balaban J connectivity index is 1.69. The van der Waals surface area contributed by atoms with Gasteiger partial charge < -0.3 is 14.8 Å². The minimum atomic E-state index is -0.560. The normalized spacial score (nSPS) is 16.0. The quantitative estimate of drug-likeness (QED) is 0.730. The van der Waals surface area contributed by atoms with E-state index in [1.165, 1.54) is 41.7 Å². The second-order valence-corrected chi connectivity index (χ2v) is 6.80. The molecule has 1 aliphatic heterocycles. The predicted molar refractivity (Wildman–Crippen MR) is 102 cm³/mol. The number of rotatable bonds is 3. The molecule has 0 saturated carbocycles. The van der Waals surface area contributed by atoms with E-state index in [9.17, 15) is 14.0 Å². The Morgan fingerprint density at radius 2 is 2.14 bits per heavy atom. The molecular weight excluding hydrogens is 385 g/mol. The molecule has 3 heterocycles. The van der Waals surface area contributed by atoms with Crippen LogP contribution in [0.3, 0.4) is 0 Å². The van der Waals surface area contributed by atoms with E-state index in [0.717, 1.165) is 0 Å². The standard InChI is InChI=1S/C19H15ClFN5O2/c1-11-10-26(12-2-3-15(21)14(20)8-12)19(28)17-13(4-7-25(11)17)18(27)24-16-9-22-5-6-23-16/h2-9,11H,10H2,1H3,(H,23,24,27)/t11-/m0/s1. The van der Waals surface area contributed by atoms with Crippen molar-refractivity contribution in [3.63, 3.8) is 0 Å². The summed E-state index contributed by atoms with van der Waals surface area (Å²) in [5.74, 6) is -1.11. The monoisotopic (exact) mass is 399 g/mol. The first-order valence-corrected chi connectivity index (χ1v) is 8.88. The molecule has 0 bridgehead atoms. The Bertz CT molecular complexity index is 1070. The van der Waals surface area contributed by atoms with Crippen LogP contribution in [-0.2, 0) is 0 Å². The number of hydrogen-bond acceptors (Lipinski definition) is 4. The molecule has 0 aliphatic carbocycles. The van der Waals surface area contributed by atoms with E-state index < -0.39 is 11.7 Å². The molecule has 2 amide bonds. The summed E-state index contributed by atoms with van der Waals surface area (Å²) < 4.78 is 15.3. The summed E-state index contributed by atoms with van der Waals surface area (Å²) in [7, 11) is 0. The van der Waals surface area contributed by atoms with Crippen molar-refractivity contribution in [1.82, 2.24) is 14.5 Å². The van der Waals surface area contributed by atoms with Gasteiger partial charge in [0.05, 0.1) is 16.8 Å². The van der Waals surface area contributed by atoms with E-state index in [4.69, 9.17) is 11.6 Å². The maximum Gasteiger partial charge on any atom is 0.275 e. The van der Waals surface area contributed by atoms with E-state index in [1.807, 2.05) is 6.92 Å². The maximum atomic E-state index is 13.5. The van der Waals surface area contributed by atoms with Crippen LogP contribution in [0.15, 0.2) is 49.1 Å². The molecule has 1 N–H and O–H groups in total. The van der Waals surface area contributed by atoms with Gasteiger partial charge in [0.25, 0.3) is 11.8 Å². The second kappa shape index (κ2) is 7.05. The van der Waals surface area contributed by atoms with Gasteiger partial charge >= 0.3 is 0 Å². The van der Waals surface area contributed by atoms with Crippen LogP contribution in [0.5, 0.6) is 0 Å². The number of hydrogen-bond donors (Lipinski definition) is 1. The van der Waals surface area contributed by atoms with Gasteiger partial charge in [-0.1, -0.05) is 11.6 Å². The van der Waals surface area contributed by atoms with Crippen molar-refractivity contribution < 1.29 is 14.0 Å². The molecule has 7 nitrogen and oxygen atoms in total. The lowest BCUT2D eigenvalue weighted by Crippen LogP contribution is -2.43. The lowest BCUT2D eigenvalue weighted by Gasteiger charge is -2.33. The first-order valence-electron chi connectivity index (χ1n) is 8.51. The molecule has 9 heteroatoms. The summed E-state index contributed by atoms with van der Waals surface area (Å²) in [5, 5.41) is 2.56. The van der Waals surface area contributed by atoms with Crippen molar-refractivity contribution >= 4 is 34.9 Å². The zero-order valence-corrected chi connectivity index (χ0v) is 15.5. The minimum absolute atomic E-state index is 0.0699. The summed E-state index contributed by atoms with van der Waals surface area (Å²) in [4.78, 5) is 35.3. The van der Waals surface area contributed by atoms with Gasteiger partial charge in [-0.25, -0.2) is 9.37 Å². The molecule has 0 radical (unpaired) electrons. The van der Waals surface area contributed by atoms with E-state index in [-0.39, 0.29) is 34.0 Å². The Kier molecular flexibility index (Phi) is 4.56. The number of nitrogens with zero attached hydrogens (tertiary/aromatic N) is 4. The molecule has 0 unspecified atom stereocenters. The number of carbonyl (C=O) groups is 2. The molecule has 1 aromatic carbocycles. The SMILES string of the molecule is C[C@H]1CN(c2ccc(F)c(Cl)c2)C(=O)c2c(C(=O)Nc3cnccn3)ccn21. The molecule has 142 valence electrons. The number of amides is 2. The molecule has 1 atom stereocenters. The Hall–Kier alpha value is -3.26. The van der Waals surface area contributed by atoms with Crippen molar-refractivity contribution in [3.8, 4) is 0 Å². The van der Waals surface area contributed by atoms with Crippen LogP contribution in [0, 0.1) is 5.82 Å². The highest BCUT2D eigenvalue weighted by atomic mass is 35.5. The Morgan fingerprint density at radius 3 is 2.86 bits per heavy atom. The zero-order valence-electron chi connectivity index (χ0n) is 14.8. The van der Waals surface area contributed by atoms with Crippen LogP contribution in [0.4, 0.5) is 15.9 Å². The third-order valence-corrected chi connectivity index (χ3v) is 4.84. The number of aromatic nitrogens is 3. The fraction of sp³-hybridized carbons (Fsp3) is 0.158. The largest absolute Gasteiger partial charge is 0.338 e. The van der Waals surface area contributed by atoms with E-state index in [0.29, 0.717) is 12.2 Å². The summed E-state index contributed by atoms with van der Waals surface area (Å²) >= 11 is 5.87. The highest BCUT2D eigenvalue weighted by Crippen LogP contribution is 2.31. The average molecular weight is 400 g/mol. The number of anilines is 2. The molecular formula is C19H15ClFN5O2. The molecule has 0 saturated heterocycles. The van der Waals surface area contributed by atoms with Crippen molar-refractivity contribution in [3.05, 3.63) is 71.2 Å². The summed E-state index contributed by atoms with van der Waals surface area (Å²) in [5.41, 5.74) is 0.942. The smallest absolute Gasteiger partial charge is 0.275 e. The van der Waals surface area contributed by atoms with Crippen molar-refractivity contribution in [2.24, 2.45) is 0 Å². The van der Waals surface area contributed by atoms with Gasteiger partial charge in [0, 0.05) is 36.9 Å². The van der Waals surface area contributed by atoms with Crippen molar-refractivity contribution in [2.45, 2.75) is 13.0 Å². The van der Waals surface area contributed by atoms with Gasteiger partial charge in [-0.3, -0.25) is 14.6 Å². The highest BCUT2D eigenvalue weighted by molar-refractivity contribution is 6.31. The highest BCUT2D eigenvalue weighted by Gasteiger charge is 2.34. The van der Waals surface area contributed by atoms with Gasteiger partial charge in [-0.15, -0.1) is 0 Å². The summed E-state index contributed by atoms with van der Waals surface area (Å²) in [6.07, 6.45) is 6.07. The summed E-state index contributed by atoms with van der Waals surface area (Å²) in [6.45, 7) is 2.30. The average Bonchev–Trinajstić information content (AvgIpc) is 3.14. The van der Waals surface area contributed by atoms with E-state index >= 15 is 0 Å². The van der Waals surface area contributed by atoms with Crippen LogP contribution in [-0.4, -0.2) is 32.9 Å². The first-order chi connectivity index (χ1) is 13.5. The number of nitrogens with one attached hydrogen (secondary N) is 1. The second-order valence-electron chi connectivity index (χ2n) is 6.39. The zero-order chi connectivity index (χ0) is 19.8. The lowest BCUT2D eigenvalue weighted by atomic mass is 10.1. The van der Waals surface area contributed by atoms with Gasteiger partial charge in [-0.2, -0.15) is 0 Å². The summed E-state index contributed by atoms with van der Waals surface area (Å²) in [6, 6.07) is 5.61. The Labute approximate surface area is 164 Å². The molecule has 1 aliphatic rings. The number of carbonyl (C=O) groups excluding carboxylic acids is 2. The van der Waals surface area contributed by atoms with E-state index in [2.05, 4.69) is 15.3 Å². The van der Waals surface area contributed by atoms with Crippen LogP contribution in [0.1, 0.15) is 33.8 Å². The first kappa shape index (κ1) is 18.1. The van der Waals surface area contributed by atoms with Gasteiger partial charge in [0.15, 0.2) is 5.82 Å². The van der Waals surface area contributed by atoms with Gasteiger partial charge in [0.1, 0.15) is 11.5 Å². The van der Waals surface area contributed by atoms with Crippen LogP contribution in [0.2, 0.25) is 5.02 Å². The topological polar surface area (TPSA) is 80.1 Å². The van der Waals surface area contributed by atoms with Crippen LogP contribution in [0.25, 0.3) is 0 Å². The van der Waals surface area contributed by atoms with Gasteiger partial charge in [0.2, 0.25) is 0 Å². The van der Waals surface area contributed by atoms with Crippen LogP contribution < -0.4 is 10.2 Å². The molecule has 0 spiro atoms. The third kappa shape index (κ3) is 3.11. The minimum Gasteiger partial charge on any atom is -0.338 e. The lowest BCUT2D eigenvalue weighted by molar-refractivity contribution is 0.0942. The number of benzene rings is 1. The third-order valence-electron chi connectivity index (χ3n) is 4.55. The fourth-order valence-electron chi connectivity index (χ4n) is 3.21. The van der Waals surface area contributed by atoms with Gasteiger partial charge in [-0.05, 0) is 31.2 Å². The maximum absolute atomic E-state index is 13.5.